The number of benzene rings is 2. The van der Waals surface area contributed by atoms with Crippen molar-refractivity contribution in [3.05, 3.63) is 71.0 Å². The third kappa shape index (κ3) is 4.31. The fourth-order valence-corrected chi connectivity index (χ4v) is 3.27. The number of hydrogen-bond donors (Lipinski definition) is 2. The normalized spacial score (nSPS) is 15.7. The first-order valence-corrected chi connectivity index (χ1v) is 8.57. The minimum atomic E-state index is -1.11. The quantitative estimate of drug-likeness (QED) is 0.839. The second-order valence-electron chi connectivity index (χ2n) is 6.36. The van der Waals surface area contributed by atoms with E-state index in [-0.39, 0.29) is 19.5 Å². The van der Waals surface area contributed by atoms with Crippen LogP contribution in [0.3, 0.4) is 0 Å². The van der Waals surface area contributed by atoms with Gasteiger partial charge in [-0.3, -0.25) is 9.59 Å². The average molecular weight is 370 g/mol. The van der Waals surface area contributed by atoms with Gasteiger partial charge in [-0.05, 0) is 35.2 Å². The highest BCUT2D eigenvalue weighted by molar-refractivity contribution is 5.89. The molecule has 1 atom stereocenters. The summed E-state index contributed by atoms with van der Waals surface area (Å²) >= 11 is 0. The van der Waals surface area contributed by atoms with Gasteiger partial charge in [-0.1, -0.05) is 36.4 Å². The molecule has 3 rings (SSSR count). The van der Waals surface area contributed by atoms with E-state index in [0.29, 0.717) is 17.5 Å². The molecule has 1 heterocycles. The highest BCUT2D eigenvalue weighted by Gasteiger charge is 2.35. The Morgan fingerprint density at radius 3 is 2.67 bits per heavy atom. The predicted octanol–water partition coefficient (Wildman–Crippen LogP) is 1.70. The fraction of sp³-hybridized carbons (Fsp3) is 0.250. The Labute approximate surface area is 155 Å². The Kier molecular flexibility index (Phi) is 5.49. The number of aliphatic carboxylic acids is 1. The van der Waals surface area contributed by atoms with E-state index in [9.17, 15) is 23.9 Å². The second-order valence-corrected chi connectivity index (χ2v) is 6.36. The maximum Gasteiger partial charge on any atom is 0.331 e. The van der Waals surface area contributed by atoms with Gasteiger partial charge in [0.05, 0.1) is 13.0 Å². The molecule has 0 saturated heterocycles. The van der Waals surface area contributed by atoms with Gasteiger partial charge in [-0.2, -0.15) is 0 Å². The molecule has 0 fully saturated rings. The van der Waals surface area contributed by atoms with Gasteiger partial charge in [0.2, 0.25) is 11.8 Å². The van der Waals surface area contributed by atoms with Crippen molar-refractivity contribution in [2.75, 3.05) is 13.1 Å². The number of fused-ring (bicyclic) bond motifs is 1. The van der Waals surface area contributed by atoms with Crippen molar-refractivity contribution in [3.63, 3.8) is 0 Å². The first-order chi connectivity index (χ1) is 13.0. The summed E-state index contributed by atoms with van der Waals surface area (Å²) in [5, 5.41) is 12.1. The number of carbonyl (C=O) groups excluding carboxylic acids is 2. The zero-order valence-corrected chi connectivity index (χ0v) is 14.5. The van der Waals surface area contributed by atoms with Crippen LogP contribution in [0, 0.1) is 5.82 Å². The first-order valence-electron chi connectivity index (χ1n) is 8.57. The van der Waals surface area contributed by atoms with Crippen LogP contribution in [-0.2, 0) is 27.2 Å². The zero-order chi connectivity index (χ0) is 19.4. The molecule has 1 unspecified atom stereocenters. The largest absolute Gasteiger partial charge is 0.479 e. The molecule has 0 bridgehead atoms. The van der Waals surface area contributed by atoms with Crippen molar-refractivity contribution in [3.8, 4) is 0 Å². The molecule has 0 radical (unpaired) electrons. The predicted molar refractivity (Wildman–Crippen MR) is 95.3 cm³/mol. The van der Waals surface area contributed by atoms with E-state index >= 15 is 0 Å². The minimum absolute atomic E-state index is 0.0593. The van der Waals surface area contributed by atoms with Crippen molar-refractivity contribution < 1.29 is 23.9 Å². The highest BCUT2D eigenvalue weighted by atomic mass is 19.1. The number of carbonyl (C=O) groups is 3. The topological polar surface area (TPSA) is 86.7 Å². The number of halogens is 1. The minimum Gasteiger partial charge on any atom is -0.479 e. The van der Waals surface area contributed by atoms with E-state index in [2.05, 4.69) is 5.32 Å². The number of carboxylic acids is 1. The molecule has 2 aromatic carbocycles. The molecule has 0 saturated carbocycles. The summed E-state index contributed by atoms with van der Waals surface area (Å²) in [4.78, 5) is 37.5. The van der Waals surface area contributed by atoms with E-state index < -0.39 is 29.6 Å². The van der Waals surface area contributed by atoms with Crippen LogP contribution in [0.5, 0.6) is 0 Å². The monoisotopic (exact) mass is 370 g/mol. The lowest BCUT2D eigenvalue weighted by Gasteiger charge is -2.34. The smallest absolute Gasteiger partial charge is 0.331 e. The number of nitrogens with one attached hydrogen (secondary N) is 1. The SMILES string of the molecule is O=C(Cc1cccc(F)c1)NCC(=O)N1CCc2ccccc2C1C(=O)O. The molecular formula is C20H19FN2O4. The van der Waals surface area contributed by atoms with Crippen LogP contribution in [0.25, 0.3) is 0 Å². The molecule has 0 aliphatic carbocycles. The van der Waals surface area contributed by atoms with E-state index in [1.165, 1.54) is 23.1 Å². The van der Waals surface area contributed by atoms with Gasteiger partial charge < -0.3 is 15.3 Å². The van der Waals surface area contributed by atoms with Crippen LogP contribution in [-0.4, -0.2) is 40.9 Å². The third-order valence-electron chi connectivity index (χ3n) is 4.53. The molecule has 27 heavy (non-hydrogen) atoms. The summed E-state index contributed by atoms with van der Waals surface area (Å²) in [6.07, 6.45) is 0.499. The van der Waals surface area contributed by atoms with Crippen molar-refractivity contribution in [1.29, 1.82) is 0 Å². The molecule has 7 heteroatoms. The summed E-state index contributed by atoms with van der Waals surface area (Å²) in [6.45, 7) is -0.0350. The zero-order valence-electron chi connectivity index (χ0n) is 14.5. The molecule has 2 aromatic rings. The van der Waals surface area contributed by atoms with E-state index in [1.54, 1.807) is 18.2 Å². The number of nitrogens with zero attached hydrogens (tertiary/aromatic N) is 1. The fourth-order valence-electron chi connectivity index (χ4n) is 3.27. The Bertz CT molecular complexity index is 884. The average Bonchev–Trinajstić information content (AvgIpc) is 2.65. The number of rotatable bonds is 5. The lowest BCUT2D eigenvalue weighted by Crippen LogP contribution is -2.47. The summed E-state index contributed by atoms with van der Waals surface area (Å²) < 4.78 is 13.2. The molecule has 0 spiro atoms. The van der Waals surface area contributed by atoms with Crippen molar-refractivity contribution in [2.24, 2.45) is 0 Å². The van der Waals surface area contributed by atoms with E-state index in [0.717, 1.165) is 5.56 Å². The lowest BCUT2D eigenvalue weighted by atomic mass is 9.92. The van der Waals surface area contributed by atoms with Gasteiger partial charge >= 0.3 is 5.97 Å². The Morgan fingerprint density at radius 1 is 1.15 bits per heavy atom. The Morgan fingerprint density at radius 2 is 1.93 bits per heavy atom. The van der Waals surface area contributed by atoms with E-state index in [4.69, 9.17) is 0 Å². The summed E-state index contributed by atoms with van der Waals surface area (Å²) in [5.74, 6) is -2.45. The Hall–Kier alpha value is -3.22. The molecule has 2 N–H and O–H groups in total. The molecule has 6 nitrogen and oxygen atoms in total. The van der Waals surface area contributed by atoms with Crippen LogP contribution in [0.1, 0.15) is 22.7 Å². The van der Waals surface area contributed by atoms with E-state index in [1.807, 2.05) is 12.1 Å². The van der Waals surface area contributed by atoms with Gasteiger partial charge in [0, 0.05) is 6.54 Å². The number of carboxylic acid groups (broad SMARTS) is 1. The van der Waals surface area contributed by atoms with Crippen LogP contribution >= 0.6 is 0 Å². The van der Waals surface area contributed by atoms with Crippen LogP contribution in [0.2, 0.25) is 0 Å². The highest BCUT2D eigenvalue weighted by Crippen LogP contribution is 2.29. The van der Waals surface area contributed by atoms with Gasteiger partial charge in [0.1, 0.15) is 5.82 Å². The first kappa shape index (κ1) is 18.6. The van der Waals surface area contributed by atoms with Crippen molar-refractivity contribution in [2.45, 2.75) is 18.9 Å². The molecule has 1 aliphatic heterocycles. The summed E-state index contributed by atoms with van der Waals surface area (Å²) in [5.41, 5.74) is 2.00. The number of hydrogen-bond acceptors (Lipinski definition) is 3. The lowest BCUT2D eigenvalue weighted by molar-refractivity contribution is -0.151. The molecule has 0 aromatic heterocycles. The third-order valence-corrected chi connectivity index (χ3v) is 4.53. The number of amides is 2. The van der Waals surface area contributed by atoms with Gasteiger partial charge in [-0.25, -0.2) is 9.18 Å². The van der Waals surface area contributed by atoms with Crippen molar-refractivity contribution in [1.82, 2.24) is 10.2 Å². The maximum absolute atomic E-state index is 13.2. The molecule has 1 aliphatic rings. The Balaban J connectivity index is 1.63. The summed E-state index contributed by atoms with van der Waals surface area (Å²) in [6, 6.07) is 11.7. The van der Waals surface area contributed by atoms with Crippen LogP contribution in [0.4, 0.5) is 4.39 Å². The van der Waals surface area contributed by atoms with Crippen molar-refractivity contribution >= 4 is 17.8 Å². The molecule has 140 valence electrons. The summed E-state index contributed by atoms with van der Waals surface area (Å²) in [7, 11) is 0. The van der Waals surface area contributed by atoms with Gasteiger partial charge in [0.15, 0.2) is 6.04 Å². The van der Waals surface area contributed by atoms with Gasteiger partial charge in [-0.15, -0.1) is 0 Å². The van der Waals surface area contributed by atoms with Crippen LogP contribution in [0.15, 0.2) is 48.5 Å². The van der Waals surface area contributed by atoms with Gasteiger partial charge in [0.25, 0.3) is 0 Å². The molecular weight excluding hydrogens is 351 g/mol. The van der Waals surface area contributed by atoms with Crippen LogP contribution < -0.4 is 5.32 Å². The second kappa shape index (κ2) is 7.99. The maximum atomic E-state index is 13.2. The molecule has 2 amide bonds. The standard InChI is InChI=1S/C20H19FN2O4/c21-15-6-3-4-13(10-15)11-17(24)22-12-18(25)23-9-8-14-5-1-2-7-16(14)19(23)20(26)27/h1-7,10,19H,8-9,11-12H2,(H,22,24)(H,26,27).